The van der Waals surface area contributed by atoms with Crippen LogP contribution in [0, 0.1) is 0 Å². The van der Waals surface area contributed by atoms with Gasteiger partial charge in [0.25, 0.3) is 0 Å². The van der Waals surface area contributed by atoms with Crippen molar-refractivity contribution in [3.63, 3.8) is 0 Å². The summed E-state index contributed by atoms with van der Waals surface area (Å²) in [6.07, 6.45) is 2.46. The third-order valence-electron chi connectivity index (χ3n) is 2.31. The Bertz CT molecular complexity index is 294. The number of rotatable bonds is 5. The molecule has 0 fully saturated rings. The quantitative estimate of drug-likeness (QED) is 0.754. The molecule has 2 N–H and O–H groups in total. The Morgan fingerprint density at radius 1 is 1.67 bits per heavy atom. The molecular formula is C11H18N2O2. The highest BCUT2D eigenvalue weighted by atomic mass is 16.3. The summed E-state index contributed by atoms with van der Waals surface area (Å²) in [7, 11) is 1.76. The Kier molecular flexibility index (Phi) is 4.37. The second-order valence-corrected chi connectivity index (χ2v) is 3.83. The number of aliphatic hydroxyl groups is 1. The van der Waals surface area contributed by atoms with E-state index >= 15 is 0 Å². The normalized spacial score (nSPS) is 12.5. The first kappa shape index (κ1) is 11.8. The summed E-state index contributed by atoms with van der Waals surface area (Å²) in [6.45, 7) is 2.32. The molecule has 1 rings (SSSR count). The number of hydrogen-bond acceptors (Lipinski definition) is 2. The molecule has 4 heteroatoms. The molecule has 84 valence electrons. The molecule has 0 radical (unpaired) electrons. The van der Waals surface area contributed by atoms with Crippen LogP contribution in [0.4, 0.5) is 0 Å². The van der Waals surface area contributed by atoms with Crippen LogP contribution in [0.15, 0.2) is 18.3 Å². The second kappa shape index (κ2) is 5.56. The Morgan fingerprint density at radius 3 is 2.93 bits per heavy atom. The van der Waals surface area contributed by atoms with E-state index in [4.69, 9.17) is 5.11 Å². The molecule has 0 spiro atoms. The molecule has 1 amide bonds. The maximum absolute atomic E-state index is 11.6. The minimum atomic E-state index is -0.356. The first-order valence-electron chi connectivity index (χ1n) is 5.14. The van der Waals surface area contributed by atoms with Crippen LogP contribution in [0.5, 0.6) is 0 Å². The minimum absolute atomic E-state index is 0.0677. The molecule has 0 saturated carbocycles. The van der Waals surface area contributed by atoms with Crippen LogP contribution in [-0.4, -0.2) is 40.6 Å². The average molecular weight is 210 g/mol. The molecule has 4 nitrogen and oxygen atoms in total. The highest BCUT2D eigenvalue weighted by molar-refractivity contribution is 5.78. The number of nitrogens with one attached hydrogen (secondary N) is 1. The van der Waals surface area contributed by atoms with Gasteiger partial charge in [0.15, 0.2) is 0 Å². The number of H-pyrrole nitrogens is 1. The largest absolute Gasteiger partial charge is 0.393 e. The Hall–Kier alpha value is -1.29. The molecule has 0 bridgehead atoms. The highest BCUT2D eigenvalue weighted by Gasteiger charge is 2.10. The number of amides is 1. The van der Waals surface area contributed by atoms with Gasteiger partial charge in [0.2, 0.25) is 5.91 Å². The van der Waals surface area contributed by atoms with E-state index in [0.29, 0.717) is 19.4 Å². The standard InChI is InChI=1S/C11H18N2O2/c1-9(14)5-7-13(2)11(15)8-10-4-3-6-12-10/h3-4,6,9,12,14H,5,7-8H2,1-2H3. The lowest BCUT2D eigenvalue weighted by molar-refractivity contribution is -0.129. The smallest absolute Gasteiger partial charge is 0.228 e. The van der Waals surface area contributed by atoms with E-state index in [9.17, 15) is 4.79 Å². The molecule has 1 atom stereocenters. The van der Waals surface area contributed by atoms with E-state index < -0.39 is 0 Å². The summed E-state index contributed by atoms with van der Waals surface area (Å²) in [4.78, 5) is 16.3. The number of aromatic amines is 1. The fourth-order valence-electron chi connectivity index (χ4n) is 1.28. The lowest BCUT2D eigenvalue weighted by Gasteiger charge is -2.17. The molecule has 1 heterocycles. The number of aliphatic hydroxyl groups excluding tert-OH is 1. The van der Waals surface area contributed by atoms with Crippen molar-refractivity contribution in [2.24, 2.45) is 0 Å². The van der Waals surface area contributed by atoms with Gasteiger partial charge in [0, 0.05) is 25.5 Å². The topological polar surface area (TPSA) is 56.3 Å². The third kappa shape index (κ3) is 4.16. The van der Waals surface area contributed by atoms with E-state index in [0.717, 1.165) is 5.69 Å². The molecule has 1 aromatic heterocycles. The predicted octanol–water partition coefficient (Wildman–Crippen LogP) is 0.786. The van der Waals surface area contributed by atoms with Crippen LogP contribution in [0.1, 0.15) is 19.0 Å². The number of nitrogens with zero attached hydrogens (tertiary/aromatic N) is 1. The molecule has 0 aliphatic carbocycles. The van der Waals surface area contributed by atoms with Crippen LogP contribution >= 0.6 is 0 Å². The van der Waals surface area contributed by atoms with Crippen molar-refractivity contribution in [1.29, 1.82) is 0 Å². The SMILES string of the molecule is CC(O)CCN(C)C(=O)Cc1ccc[nH]1. The summed E-state index contributed by atoms with van der Waals surface area (Å²) in [5, 5.41) is 9.10. The maximum Gasteiger partial charge on any atom is 0.228 e. The van der Waals surface area contributed by atoms with Crippen LogP contribution in [0.25, 0.3) is 0 Å². The fourth-order valence-corrected chi connectivity index (χ4v) is 1.28. The monoisotopic (exact) mass is 210 g/mol. The molecule has 0 aliphatic heterocycles. The van der Waals surface area contributed by atoms with Gasteiger partial charge in [-0.25, -0.2) is 0 Å². The first-order chi connectivity index (χ1) is 7.09. The van der Waals surface area contributed by atoms with Crippen molar-refractivity contribution in [2.75, 3.05) is 13.6 Å². The van der Waals surface area contributed by atoms with Gasteiger partial charge in [-0.3, -0.25) is 4.79 Å². The van der Waals surface area contributed by atoms with E-state index in [1.807, 2.05) is 12.1 Å². The molecule has 0 aliphatic rings. The fraction of sp³-hybridized carbons (Fsp3) is 0.545. The number of carbonyl (C=O) groups excluding carboxylic acids is 1. The molecular weight excluding hydrogens is 192 g/mol. The van der Waals surface area contributed by atoms with Gasteiger partial charge >= 0.3 is 0 Å². The van der Waals surface area contributed by atoms with E-state index in [1.165, 1.54) is 0 Å². The Labute approximate surface area is 89.9 Å². The lowest BCUT2D eigenvalue weighted by atomic mass is 10.2. The summed E-state index contributed by atoms with van der Waals surface area (Å²) < 4.78 is 0. The van der Waals surface area contributed by atoms with Crippen molar-refractivity contribution in [1.82, 2.24) is 9.88 Å². The minimum Gasteiger partial charge on any atom is -0.393 e. The molecule has 1 unspecified atom stereocenters. The van der Waals surface area contributed by atoms with Crippen molar-refractivity contribution in [3.8, 4) is 0 Å². The van der Waals surface area contributed by atoms with Crippen LogP contribution in [0.3, 0.4) is 0 Å². The summed E-state index contributed by atoms with van der Waals surface area (Å²) in [6, 6.07) is 3.76. The zero-order chi connectivity index (χ0) is 11.3. The summed E-state index contributed by atoms with van der Waals surface area (Å²) in [5.41, 5.74) is 0.920. The van der Waals surface area contributed by atoms with Gasteiger partial charge in [-0.1, -0.05) is 0 Å². The number of carbonyl (C=O) groups is 1. The van der Waals surface area contributed by atoms with E-state index in [2.05, 4.69) is 4.98 Å². The van der Waals surface area contributed by atoms with Crippen molar-refractivity contribution >= 4 is 5.91 Å². The van der Waals surface area contributed by atoms with Gasteiger partial charge in [-0.05, 0) is 25.5 Å². The highest BCUT2D eigenvalue weighted by Crippen LogP contribution is 2.00. The lowest BCUT2D eigenvalue weighted by Crippen LogP contribution is -2.30. The summed E-state index contributed by atoms with van der Waals surface area (Å²) >= 11 is 0. The zero-order valence-corrected chi connectivity index (χ0v) is 9.23. The second-order valence-electron chi connectivity index (χ2n) is 3.83. The van der Waals surface area contributed by atoms with Crippen molar-refractivity contribution < 1.29 is 9.90 Å². The number of likely N-dealkylation sites (N-methyl/N-ethyl adjacent to an activating group) is 1. The van der Waals surface area contributed by atoms with Crippen molar-refractivity contribution in [3.05, 3.63) is 24.0 Å². The first-order valence-corrected chi connectivity index (χ1v) is 5.14. The predicted molar refractivity (Wildman–Crippen MR) is 58.4 cm³/mol. The van der Waals surface area contributed by atoms with E-state index in [-0.39, 0.29) is 12.0 Å². The maximum atomic E-state index is 11.6. The van der Waals surface area contributed by atoms with Gasteiger partial charge in [0.05, 0.1) is 12.5 Å². The van der Waals surface area contributed by atoms with E-state index in [1.54, 1.807) is 25.1 Å². The van der Waals surface area contributed by atoms with Gasteiger partial charge in [-0.15, -0.1) is 0 Å². The average Bonchev–Trinajstić information content (AvgIpc) is 2.66. The number of aromatic nitrogens is 1. The molecule has 15 heavy (non-hydrogen) atoms. The van der Waals surface area contributed by atoms with Crippen LogP contribution in [0.2, 0.25) is 0 Å². The van der Waals surface area contributed by atoms with Crippen LogP contribution < -0.4 is 0 Å². The molecule has 0 aromatic carbocycles. The molecule has 0 saturated heterocycles. The zero-order valence-electron chi connectivity index (χ0n) is 9.23. The number of hydrogen-bond donors (Lipinski definition) is 2. The van der Waals surface area contributed by atoms with Gasteiger partial charge < -0.3 is 15.0 Å². The Morgan fingerprint density at radius 2 is 2.40 bits per heavy atom. The Balaban J connectivity index is 2.33. The third-order valence-corrected chi connectivity index (χ3v) is 2.31. The summed E-state index contributed by atoms with van der Waals surface area (Å²) in [5.74, 6) is 0.0677. The van der Waals surface area contributed by atoms with Gasteiger partial charge in [-0.2, -0.15) is 0 Å². The van der Waals surface area contributed by atoms with Crippen molar-refractivity contribution in [2.45, 2.75) is 25.9 Å². The van der Waals surface area contributed by atoms with Gasteiger partial charge in [0.1, 0.15) is 0 Å². The van der Waals surface area contributed by atoms with Crippen LogP contribution in [-0.2, 0) is 11.2 Å². The molecule has 1 aromatic rings.